The first-order chi connectivity index (χ1) is 14.2. The first kappa shape index (κ1) is 20.6. The highest BCUT2D eigenvalue weighted by molar-refractivity contribution is 5.66. The first-order valence-electron chi connectivity index (χ1n) is 11.8. The summed E-state index contributed by atoms with van der Waals surface area (Å²) in [6, 6.07) is 1.96. The predicted octanol–water partition coefficient (Wildman–Crippen LogP) is 4.42. The third kappa shape index (κ3) is 2.70. The maximum atomic E-state index is 12.4. The molecular formula is C25H36O5. The van der Waals surface area contributed by atoms with Crippen molar-refractivity contribution in [2.75, 3.05) is 0 Å². The number of furan rings is 1. The maximum absolute atomic E-state index is 12.4. The lowest BCUT2D eigenvalue weighted by Crippen LogP contribution is -2.62. The zero-order valence-corrected chi connectivity index (χ0v) is 18.5. The van der Waals surface area contributed by atoms with Crippen molar-refractivity contribution in [1.82, 2.24) is 0 Å². The van der Waals surface area contributed by atoms with Gasteiger partial charge in [-0.25, -0.2) is 0 Å². The molecule has 1 aromatic heterocycles. The molecule has 0 spiro atoms. The monoisotopic (exact) mass is 416 g/mol. The SMILES string of the molecule is CC(=O)O[C@H]1C[C@]2(O)[C@@H]3CC[C@@H]4C[C@@H](O)CC[C@]4(C)[C@H]3CC[C@]2(C)[C@H]1c1ccoc1. The van der Waals surface area contributed by atoms with Crippen LogP contribution in [0.4, 0.5) is 0 Å². The van der Waals surface area contributed by atoms with Crippen LogP contribution in [-0.4, -0.2) is 34.0 Å². The molecule has 5 heteroatoms. The van der Waals surface area contributed by atoms with Gasteiger partial charge in [-0.05, 0) is 79.7 Å². The van der Waals surface area contributed by atoms with E-state index in [1.807, 2.05) is 6.07 Å². The van der Waals surface area contributed by atoms with Crippen LogP contribution >= 0.6 is 0 Å². The van der Waals surface area contributed by atoms with Crippen LogP contribution in [0.5, 0.6) is 0 Å². The number of hydrogen-bond acceptors (Lipinski definition) is 5. The minimum absolute atomic E-state index is 0.0511. The van der Waals surface area contributed by atoms with Crippen LogP contribution in [0.3, 0.4) is 0 Å². The smallest absolute Gasteiger partial charge is 0.302 e. The summed E-state index contributed by atoms with van der Waals surface area (Å²) in [5.41, 5.74) is 0.000299. The van der Waals surface area contributed by atoms with Crippen LogP contribution in [0, 0.1) is 28.6 Å². The van der Waals surface area contributed by atoms with Crippen LogP contribution in [0.25, 0.3) is 0 Å². The minimum Gasteiger partial charge on any atom is -0.472 e. The Balaban J connectivity index is 1.53. The molecule has 1 heterocycles. The van der Waals surface area contributed by atoms with E-state index in [4.69, 9.17) is 9.15 Å². The molecule has 30 heavy (non-hydrogen) atoms. The van der Waals surface area contributed by atoms with Crippen molar-refractivity contribution >= 4 is 5.97 Å². The van der Waals surface area contributed by atoms with Gasteiger partial charge in [0.1, 0.15) is 6.10 Å². The summed E-state index contributed by atoms with van der Waals surface area (Å²) in [6.45, 7) is 6.09. The molecule has 0 aliphatic heterocycles. The van der Waals surface area contributed by atoms with Crippen LogP contribution in [0.1, 0.15) is 83.6 Å². The van der Waals surface area contributed by atoms with Crippen molar-refractivity contribution in [1.29, 1.82) is 0 Å². The van der Waals surface area contributed by atoms with Gasteiger partial charge in [0, 0.05) is 24.7 Å². The molecule has 4 saturated carbocycles. The molecule has 0 radical (unpaired) electrons. The predicted molar refractivity (Wildman–Crippen MR) is 112 cm³/mol. The topological polar surface area (TPSA) is 79.9 Å². The van der Waals surface area contributed by atoms with Gasteiger partial charge in [-0.1, -0.05) is 13.8 Å². The van der Waals surface area contributed by atoms with Gasteiger partial charge in [-0.2, -0.15) is 0 Å². The summed E-state index contributed by atoms with van der Waals surface area (Å²) in [5.74, 6) is 0.883. The van der Waals surface area contributed by atoms with E-state index in [9.17, 15) is 15.0 Å². The molecule has 166 valence electrons. The summed E-state index contributed by atoms with van der Waals surface area (Å²) in [7, 11) is 0. The number of fused-ring (bicyclic) bond motifs is 5. The second kappa shape index (κ2) is 6.83. The Morgan fingerprint density at radius 3 is 2.67 bits per heavy atom. The molecule has 5 rings (SSSR count). The Labute approximate surface area is 179 Å². The number of ether oxygens (including phenoxy) is 1. The highest BCUT2D eigenvalue weighted by Gasteiger charge is 2.70. The Hall–Kier alpha value is -1.33. The molecule has 0 bridgehead atoms. The molecular weight excluding hydrogens is 380 g/mol. The van der Waals surface area contributed by atoms with Gasteiger partial charge >= 0.3 is 5.97 Å². The summed E-state index contributed by atoms with van der Waals surface area (Å²) in [4.78, 5) is 11.9. The normalized spacial score (nSPS) is 50.3. The molecule has 1 aromatic rings. The average molecular weight is 417 g/mol. The van der Waals surface area contributed by atoms with Crippen molar-refractivity contribution in [2.45, 2.75) is 95.9 Å². The molecule has 0 saturated heterocycles. The summed E-state index contributed by atoms with van der Waals surface area (Å²) in [5, 5.41) is 22.7. The van der Waals surface area contributed by atoms with Gasteiger partial charge in [0.25, 0.3) is 0 Å². The lowest BCUT2D eigenvalue weighted by molar-refractivity contribution is -0.205. The molecule has 0 aromatic carbocycles. The number of aliphatic hydroxyl groups excluding tert-OH is 1. The number of aliphatic hydroxyl groups is 2. The Morgan fingerprint density at radius 1 is 1.17 bits per heavy atom. The summed E-state index contributed by atoms with van der Waals surface area (Å²) < 4.78 is 11.2. The summed E-state index contributed by atoms with van der Waals surface area (Å²) >= 11 is 0. The maximum Gasteiger partial charge on any atom is 0.302 e. The van der Waals surface area contributed by atoms with E-state index in [0.29, 0.717) is 18.3 Å². The summed E-state index contributed by atoms with van der Waals surface area (Å²) in [6.07, 6.45) is 10.3. The van der Waals surface area contributed by atoms with Crippen molar-refractivity contribution in [2.24, 2.45) is 28.6 Å². The van der Waals surface area contributed by atoms with E-state index in [2.05, 4.69) is 13.8 Å². The van der Waals surface area contributed by atoms with Gasteiger partial charge in [0.15, 0.2) is 0 Å². The Bertz CT molecular complexity index is 804. The van der Waals surface area contributed by atoms with Gasteiger partial charge < -0.3 is 19.4 Å². The third-order valence-electron chi connectivity index (χ3n) is 10.0. The molecule has 4 aliphatic rings. The van der Waals surface area contributed by atoms with E-state index >= 15 is 0 Å². The second-order valence-corrected chi connectivity index (χ2v) is 11.2. The fraction of sp³-hybridized carbons (Fsp3) is 0.800. The number of esters is 1. The van der Waals surface area contributed by atoms with Crippen LogP contribution in [0.2, 0.25) is 0 Å². The Morgan fingerprint density at radius 2 is 1.97 bits per heavy atom. The number of rotatable bonds is 2. The number of hydrogen-bond donors (Lipinski definition) is 2. The zero-order chi connectivity index (χ0) is 21.3. The molecule has 9 atom stereocenters. The van der Waals surface area contributed by atoms with Gasteiger partial charge in [-0.15, -0.1) is 0 Å². The molecule has 0 unspecified atom stereocenters. The number of carbonyl (C=O) groups excluding carboxylic acids is 1. The standard InChI is InChI=1S/C25H36O5/c1-15(26)30-21-13-25(28)20-5-4-17-12-18(27)6-9-23(17,2)19(20)7-10-24(25,3)22(21)16-8-11-29-14-16/h8,11,14,17-22,27-28H,4-7,9-10,12-13H2,1-3H3/t17-,18+,19+,20-,21+,22+,23+,24-,25+/m1/s1. The lowest BCUT2D eigenvalue weighted by atomic mass is 9.43. The van der Waals surface area contributed by atoms with E-state index in [1.165, 1.54) is 6.92 Å². The second-order valence-electron chi connectivity index (χ2n) is 11.2. The minimum atomic E-state index is -0.859. The van der Waals surface area contributed by atoms with Gasteiger partial charge in [0.2, 0.25) is 0 Å². The zero-order valence-electron chi connectivity index (χ0n) is 18.5. The van der Waals surface area contributed by atoms with Crippen LogP contribution < -0.4 is 0 Å². The van der Waals surface area contributed by atoms with E-state index in [0.717, 1.165) is 50.5 Å². The Kier molecular flexibility index (Phi) is 4.68. The van der Waals surface area contributed by atoms with E-state index in [-0.39, 0.29) is 40.8 Å². The average Bonchev–Trinajstić information content (AvgIpc) is 3.26. The molecule has 2 N–H and O–H groups in total. The number of carbonyl (C=O) groups is 1. The van der Waals surface area contributed by atoms with E-state index < -0.39 is 5.60 Å². The fourth-order valence-corrected chi connectivity index (χ4v) is 8.57. The fourth-order valence-electron chi connectivity index (χ4n) is 8.57. The largest absolute Gasteiger partial charge is 0.472 e. The highest BCUT2D eigenvalue weighted by Crippen LogP contribution is 2.70. The highest BCUT2D eigenvalue weighted by atomic mass is 16.5. The molecule has 0 amide bonds. The molecule has 4 fully saturated rings. The van der Waals surface area contributed by atoms with Crippen molar-refractivity contribution in [3.05, 3.63) is 24.2 Å². The van der Waals surface area contributed by atoms with Crippen molar-refractivity contribution in [3.63, 3.8) is 0 Å². The van der Waals surface area contributed by atoms with Gasteiger partial charge in [0.05, 0.1) is 24.2 Å². The first-order valence-corrected chi connectivity index (χ1v) is 11.8. The van der Waals surface area contributed by atoms with Crippen molar-refractivity contribution in [3.8, 4) is 0 Å². The van der Waals surface area contributed by atoms with Crippen LogP contribution in [-0.2, 0) is 9.53 Å². The van der Waals surface area contributed by atoms with Crippen LogP contribution in [0.15, 0.2) is 23.0 Å². The van der Waals surface area contributed by atoms with Gasteiger partial charge in [-0.3, -0.25) is 4.79 Å². The van der Waals surface area contributed by atoms with Crippen molar-refractivity contribution < 1.29 is 24.2 Å². The molecule has 5 nitrogen and oxygen atoms in total. The lowest BCUT2D eigenvalue weighted by Gasteiger charge is -2.63. The van der Waals surface area contributed by atoms with E-state index in [1.54, 1.807) is 12.5 Å². The molecule has 4 aliphatic carbocycles. The quantitative estimate of drug-likeness (QED) is 0.698. The third-order valence-corrected chi connectivity index (χ3v) is 10.0.